The highest BCUT2D eigenvalue weighted by Crippen LogP contribution is 2.28. The molecule has 0 amide bonds. The Hall–Kier alpha value is -1.85. The fourth-order valence-electron chi connectivity index (χ4n) is 2.50. The van der Waals surface area contributed by atoms with Crippen LogP contribution in [0.4, 0.5) is 11.4 Å². The number of nitrogen functional groups attached to an aromatic ring is 1. The predicted molar refractivity (Wildman–Crippen MR) is 86.7 cm³/mol. The first kappa shape index (κ1) is 15.5. The largest absolute Gasteiger partial charge is 0.399 e. The number of anilines is 2. The lowest BCUT2D eigenvalue weighted by Crippen LogP contribution is -2.38. The smallest absolute Gasteiger partial charge is 0.0743 e. The maximum atomic E-state index is 5.84. The summed E-state index contributed by atoms with van der Waals surface area (Å²) in [4.78, 5) is 6.69. The highest BCUT2D eigenvalue weighted by molar-refractivity contribution is 5.93. The van der Waals surface area contributed by atoms with Crippen LogP contribution in [0, 0.1) is 0 Å². The number of benzene rings is 1. The van der Waals surface area contributed by atoms with Crippen molar-refractivity contribution < 1.29 is 9.47 Å². The third kappa shape index (κ3) is 3.62. The average molecular weight is 289 g/mol. The van der Waals surface area contributed by atoms with E-state index < -0.39 is 0 Å². The van der Waals surface area contributed by atoms with Gasteiger partial charge in [0.2, 0.25) is 0 Å². The van der Waals surface area contributed by atoms with E-state index in [1.165, 1.54) is 0 Å². The van der Waals surface area contributed by atoms with Gasteiger partial charge in [0.05, 0.1) is 18.7 Å². The molecule has 21 heavy (non-hydrogen) atoms. The summed E-state index contributed by atoms with van der Waals surface area (Å²) in [5.74, 6) is 0. The van der Waals surface area contributed by atoms with Crippen LogP contribution >= 0.6 is 0 Å². The molecule has 0 radical (unpaired) electrons. The number of ether oxygens (including phenoxy) is 2. The first-order valence-corrected chi connectivity index (χ1v) is 7.06. The van der Waals surface area contributed by atoms with Gasteiger partial charge in [0.15, 0.2) is 0 Å². The molecular formula is C16H23N3O2. The number of methoxy groups -OCH3 is 2. The van der Waals surface area contributed by atoms with E-state index in [9.17, 15) is 0 Å². The topological polar surface area (TPSA) is 60.6 Å². The minimum absolute atomic E-state index is 0.244. The second-order valence-electron chi connectivity index (χ2n) is 5.10. The van der Waals surface area contributed by atoms with Crippen molar-refractivity contribution in [2.75, 3.05) is 44.6 Å². The Morgan fingerprint density at radius 1 is 1.24 bits per heavy atom. The number of hydrogen-bond donors (Lipinski definition) is 1. The van der Waals surface area contributed by atoms with E-state index in [0.29, 0.717) is 13.2 Å². The van der Waals surface area contributed by atoms with Gasteiger partial charge in [0, 0.05) is 49.8 Å². The van der Waals surface area contributed by atoms with Gasteiger partial charge in [0.1, 0.15) is 0 Å². The molecule has 1 unspecified atom stereocenters. The van der Waals surface area contributed by atoms with Crippen molar-refractivity contribution in [2.24, 2.45) is 0 Å². The molecule has 114 valence electrons. The number of aromatic nitrogens is 1. The van der Waals surface area contributed by atoms with E-state index in [1.807, 2.05) is 30.5 Å². The molecule has 0 spiro atoms. The highest BCUT2D eigenvalue weighted by Gasteiger charge is 2.17. The van der Waals surface area contributed by atoms with Crippen LogP contribution in [0.25, 0.3) is 10.9 Å². The Morgan fingerprint density at radius 2 is 2.05 bits per heavy atom. The van der Waals surface area contributed by atoms with Crippen LogP contribution in [-0.2, 0) is 9.47 Å². The normalized spacial score (nSPS) is 12.5. The van der Waals surface area contributed by atoms with Crippen LogP contribution in [0.1, 0.15) is 6.92 Å². The minimum Gasteiger partial charge on any atom is -0.399 e. The van der Waals surface area contributed by atoms with Gasteiger partial charge in [-0.15, -0.1) is 0 Å². The van der Waals surface area contributed by atoms with Gasteiger partial charge in [-0.25, -0.2) is 0 Å². The van der Waals surface area contributed by atoms with E-state index >= 15 is 0 Å². The van der Waals surface area contributed by atoms with Gasteiger partial charge >= 0.3 is 0 Å². The molecule has 2 aromatic rings. The Labute approximate surface area is 125 Å². The monoisotopic (exact) mass is 289 g/mol. The maximum absolute atomic E-state index is 5.84. The second-order valence-corrected chi connectivity index (χ2v) is 5.10. The number of nitrogens with two attached hydrogens (primary N) is 1. The van der Waals surface area contributed by atoms with E-state index in [1.54, 1.807) is 14.2 Å². The van der Waals surface area contributed by atoms with Crippen LogP contribution in [-0.4, -0.2) is 45.0 Å². The molecule has 1 atom stereocenters. The van der Waals surface area contributed by atoms with Gasteiger partial charge in [-0.1, -0.05) is 0 Å². The molecule has 0 aliphatic carbocycles. The summed E-state index contributed by atoms with van der Waals surface area (Å²) < 4.78 is 10.5. The fraction of sp³-hybridized carbons (Fsp3) is 0.438. The third-order valence-electron chi connectivity index (χ3n) is 3.53. The van der Waals surface area contributed by atoms with Crippen LogP contribution in [0.2, 0.25) is 0 Å². The molecule has 0 saturated carbocycles. The quantitative estimate of drug-likeness (QED) is 0.793. The Balaban J connectivity index is 2.43. The first-order chi connectivity index (χ1) is 10.2. The van der Waals surface area contributed by atoms with Gasteiger partial charge < -0.3 is 20.1 Å². The lowest BCUT2D eigenvalue weighted by molar-refractivity contribution is 0.171. The summed E-state index contributed by atoms with van der Waals surface area (Å²) >= 11 is 0. The molecule has 5 heteroatoms. The molecule has 5 nitrogen and oxygen atoms in total. The first-order valence-electron chi connectivity index (χ1n) is 7.06. The van der Waals surface area contributed by atoms with E-state index in [0.717, 1.165) is 28.8 Å². The number of rotatable bonds is 7. The molecule has 0 aliphatic rings. The molecule has 0 saturated heterocycles. The van der Waals surface area contributed by atoms with Crippen LogP contribution in [0.15, 0.2) is 30.5 Å². The van der Waals surface area contributed by atoms with Crippen LogP contribution in [0.3, 0.4) is 0 Å². The van der Waals surface area contributed by atoms with Gasteiger partial charge in [-0.05, 0) is 31.2 Å². The van der Waals surface area contributed by atoms with E-state index in [2.05, 4.69) is 16.8 Å². The van der Waals surface area contributed by atoms with Crippen molar-refractivity contribution in [2.45, 2.75) is 13.0 Å². The summed E-state index contributed by atoms with van der Waals surface area (Å²) in [6.45, 7) is 4.25. The zero-order valence-electron chi connectivity index (χ0n) is 12.9. The number of nitrogens with zero attached hydrogens (tertiary/aromatic N) is 2. The second kappa shape index (κ2) is 7.24. The summed E-state index contributed by atoms with van der Waals surface area (Å²) in [5.41, 5.74) is 8.60. The van der Waals surface area contributed by atoms with Crippen LogP contribution in [0.5, 0.6) is 0 Å². The molecular weight excluding hydrogens is 266 g/mol. The highest BCUT2D eigenvalue weighted by atomic mass is 16.5. The van der Waals surface area contributed by atoms with Crippen molar-refractivity contribution in [1.29, 1.82) is 0 Å². The van der Waals surface area contributed by atoms with Crippen molar-refractivity contribution in [1.82, 2.24) is 4.98 Å². The zero-order valence-corrected chi connectivity index (χ0v) is 12.9. The van der Waals surface area contributed by atoms with Crippen molar-refractivity contribution in [3.05, 3.63) is 30.5 Å². The predicted octanol–water partition coefficient (Wildman–Crippen LogP) is 2.30. The molecule has 2 rings (SSSR count). The lowest BCUT2D eigenvalue weighted by atomic mass is 10.1. The fourth-order valence-corrected chi connectivity index (χ4v) is 2.50. The third-order valence-corrected chi connectivity index (χ3v) is 3.53. The van der Waals surface area contributed by atoms with Gasteiger partial charge in [-0.2, -0.15) is 0 Å². The van der Waals surface area contributed by atoms with Crippen LogP contribution < -0.4 is 10.6 Å². The summed E-state index contributed by atoms with van der Waals surface area (Å²) in [5, 5.41) is 1.09. The van der Waals surface area contributed by atoms with Gasteiger partial charge in [-0.3, -0.25) is 4.98 Å². The Bertz CT molecular complexity index is 589. The maximum Gasteiger partial charge on any atom is 0.0743 e. The Kier molecular flexibility index (Phi) is 5.36. The molecule has 0 fully saturated rings. The number of fused-ring (bicyclic) bond motifs is 1. The molecule has 2 N–H and O–H groups in total. The average Bonchev–Trinajstić information content (AvgIpc) is 2.47. The summed E-state index contributed by atoms with van der Waals surface area (Å²) in [7, 11) is 3.43. The number of pyridine rings is 1. The molecule has 1 aromatic heterocycles. The van der Waals surface area contributed by atoms with E-state index in [4.69, 9.17) is 15.2 Å². The van der Waals surface area contributed by atoms with Gasteiger partial charge in [0.25, 0.3) is 0 Å². The summed E-state index contributed by atoms with van der Waals surface area (Å²) in [6, 6.07) is 8.09. The van der Waals surface area contributed by atoms with Crippen molar-refractivity contribution in [3.8, 4) is 0 Å². The van der Waals surface area contributed by atoms with E-state index in [-0.39, 0.29) is 6.04 Å². The molecule has 0 aliphatic heterocycles. The molecule has 1 aromatic carbocycles. The lowest BCUT2D eigenvalue weighted by Gasteiger charge is -2.31. The zero-order chi connectivity index (χ0) is 15.2. The summed E-state index contributed by atoms with van der Waals surface area (Å²) in [6.07, 6.45) is 1.82. The Morgan fingerprint density at radius 3 is 2.76 bits per heavy atom. The standard InChI is InChI=1S/C16H23N3O2/c1-12(11-21-3)19(8-9-20-2)16-6-7-18-15-10-13(17)4-5-14(15)16/h4-7,10,12H,8-9,11,17H2,1-3H3. The molecule has 0 bridgehead atoms. The number of hydrogen-bond acceptors (Lipinski definition) is 5. The SMILES string of the molecule is COCCN(c1ccnc2cc(N)ccc12)C(C)COC. The van der Waals surface area contributed by atoms with Crippen molar-refractivity contribution in [3.63, 3.8) is 0 Å². The molecule has 1 heterocycles. The minimum atomic E-state index is 0.244. The van der Waals surface area contributed by atoms with Crippen molar-refractivity contribution >= 4 is 22.3 Å².